The van der Waals surface area contributed by atoms with Crippen molar-refractivity contribution >= 4 is 28.2 Å². The van der Waals surface area contributed by atoms with Gasteiger partial charge in [-0.1, -0.05) is 6.92 Å². The summed E-state index contributed by atoms with van der Waals surface area (Å²) >= 11 is 1.42. The molecule has 2 aromatic heterocycles. The molecule has 0 saturated heterocycles. The lowest BCUT2D eigenvalue weighted by atomic mass is 10.2. The van der Waals surface area contributed by atoms with Crippen LogP contribution in [-0.2, 0) is 29.0 Å². The van der Waals surface area contributed by atoms with Crippen LogP contribution in [0.4, 0.5) is 5.00 Å². The number of esters is 1. The lowest BCUT2D eigenvalue weighted by Crippen LogP contribution is -2.30. The highest BCUT2D eigenvalue weighted by Crippen LogP contribution is 2.29. The Kier molecular flexibility index (Phi) is 7.55. The fraction of sp³-hybridized carbons (Fsp3) is 0.526. The van der Waals surface area contributed by atoms with Crippen LogP contribution in [0.25, 0.3) is 0 Å². The lowest BCUT2D eigenvalue weighted by molar-refractivity contribution is -0.117. The number of carbonyl (C=O) groups is 2. The van der Waals surface area contributed by atoms with Crippen LogP contribution < -0.4 is 5.32 Å². The van der Waals surface area contributed by atoms with Gasteiger partial charge in [0.2, 0.25) is 5.91 Å². The Morgan fingerprint density at radius 1 is 1.33 bits per heavy atom. The highest BCUT2D eigenvalue weighted by Gasteiger charge is 2.19. The number of anilines is 1. The van der Waals surface area contributed by atoms with Gasteiger partial charge in [-0.25, -0.2) is 4.79 Å². The van der Waals surface area contributed by atoms with E-state index in [2.05, 4.69) is 10.4 Å². The van der Waals surface area contributed by atoms with Gasteiger partial charge in [0.1, 0.15) is 5.00 Å². The van der Waals surface area contributed by atoms with Gasteiger partial charge in [-0.2, -0.15) is 5.10 Å². The first-order valence-corrected chi connectivity index (χ1v) is 10.0. The zero-order valence-electron chi connectivity index (χ0n) is 16.7. The minimum Gasteiger partial charge on any atom is -0.462 e. The van der Waals surface area contributed by atoms with Crippen LogP contribution in [0.5, 0.6) is 0 Å². The molecule has 0 aliphatic carbocycles. The number of ether oxygens (including phenoxy) is 1. The standard InChI is InChI=1S/C19H28N4O3S/c1-6-15-9-16(19(25)26-8-3)18(27-15)21-17(24)12-22(5)11-14-10-20-23(7-2)13(14)4/h9-10H,6-8,11-12H2,1-5H3,(H,21,24). The molecule has 0 aliphatic heterocycles. The summed E-state index contributed by atoms with van der Waals surface area (Å²) in [5.41, 5.74) is 2.64. The average Bonchev–Trinajstić information content (AvgIpc) is 3.18. The van der Waals surface area contributed by atoms with Crippen LogP contribution in [0.3, 0.4) is 0 Å². The number of aromatic nitrogens is 2. The third kappa shape index (κ3) is 5.40. The van der Waals surface area contributed by atoms with Crippen molar-refractivity contribution < 1.29 is 14.3 Å². The molecule has 1 amide bonds. The quantitative estimate of drug-likeness (QED) is 0.664. The van der Waals surface area contributed by atoms with E-state index in [4.69, 9.17) is 4.74 Å². The molecule has 0 radical (unpaired) electrons. The van der Waals surface area contributed by atoms with Crippen molar-refractivity contribution in [1.29, 1.82) is 0 Å². The molecule has 27 heavy (non-hydrogen) atoms. The van der Waals surface area contributed by atoms with E-state index < -0.39 is 5.97 Å². The molecule has 1 N–H and O–H groups in total. The smallest absolute Gasteiger partial charge is 0.341 e. The molecule has 0 saturated carbocycles. The van der Waals surface area contributed by atoms with Crippen LogP contribution in [0.15, 0.2) is 12.3 Å². The van der Waals surface area contributed by atoms with Crippen molar-refractivity contribution in [1.82, 2.24) is 14.7 Å². The summed E-state index contributed by atoms with van der Waals surface area (Å²) < 4.78 is 7.03. The fourth-order valence-corrected chi connectivity index (χ4v) is 3.79. The third-order valence-electron chi connectivity index (χ3n) is 4.24. The summed E-state index contributed by atoms with van der Waals surface area (Å²) in [6.45, 7) is 9.84. The van der Waals surface area contributed by atoms with E-state index in [9.17, 15) is 9.59 Å². The molecule has 7 nitrogen and oxygen atoms in total. The van der Waals surface area contributed by atoms with Gasteiger partial charge in [-0.15, -0.1) is 11.3 Å². The summed E-state index contributed by atoms with van der Waals surface area (Å²) in [6.07, 6.45) is 2.65. The van der Waals surface area contributed by atoms with Gasteiger partial charge in [0, 0.05) is 29.2 Å². The topological polar surface area (TPSA) is 76.5 Å². The zero-order chi connectivity index (χ0) is 20.0. The van der Waals surface area contributed by atoms with E-state index in [0.29, 0.717) is 23.7 Å². The molecule has 0 bridgehead atoms. The van der Waals surface area contributed by atoms with Gasteiger partial charge in [0.15, 0.2) is 0 Å². The Morgan fingerprint density at radius 2 is 2.07 bits per heavy atom. The van der Waals surface area contributed by atoms with Crippen molar-refractivity contribution in [2.45, 2.75) is 47.2 Å². The predicted octanol–water partition coefficient (Wildman–Crippen LogP) is 3.08. The first-order valence-electron chi connectivity index (χ1n) is 9.19. The van der Waals surface area contributed by atoms with Gasteiger partial charge in [-0.3, -0.25) is 14.4 Å². The van der Waals surface area contributed by atoms with Crippen molar-refractivity contribution in [2.75, 3.05) is 25.5 Å². The van der Waals surface area contributed by atoms with Crippen molar-refractivity contribution in [3.05, 3.63) is 34.0 Å². The van der Waals surface area contributed by atoms with Gasteiger partial charge in [-0.05, 0) is 40.3 Å². The number of nitrogens with zero attached hydrogens (tertiary/aromatic N) is 3. The van der Waals surface area contributed by atoms with Crippen LogP contribution in [0.2, 0.25) is 0 Å². The van der Waals surface area contributed by atoms with Gasteiger partial charge < -0.3 is 10.1 Å². The molecule has 0 fully saturated rings. The van der Waals surface area contributed by atoms with Gasteiger partial charge >= 0.3 is 5.97 Å². The van der Waals surface area contributed by atoms with Gasteiger partial charge in [0.05, 0.1) is 24.9 Å². The molecule has 2 heterocycles. The maximum absolute atomic E-state index is 12.5. The lowest BCUT2D eigenvalue weighted by Gasteiger charge is -2.16. The summed E-state index contributed by atoms with van der Waals surface area (Å²) in [6, 6.07) is 1.80. The molecule has 0 spiro atoms. The fourth-order valence-electron chi connectivity index (χ4n) is 2.79. The number of hydrogen-bond donors (Lipinski definition) is 1. The van der Waals surface area contributed by atoms with Crippen molar-refractivity contribution in [2.24, 2.45) is 0 Å². The van der Waals surface area contributed by atoms with Crippen LogP contribution >= 0.6 is 11.3 Å². The normalized spacial score (nSPS) is 11.0. The molecule has 148 valence electrons. The summed E-state index contributed by atoms with van der Waals surface area (Å²) in [5, 5.41) is 7.76. The Hall–Kier alpha value is -2.19. The number of carbonyl (C=O) groups excluding carboxylic acids is 2. The third-order valence-corrected chi connectivity index (χ3v) is 5.43. The maximum atomic E-state index is 12.5. The monoisotopic (exact) mass is 392 g/mol. The first-order chi connectivity index (χ1) is 12.9. The Balaban J connectivity index is 2.01. The van der Waals surface area contributed by atoms with Crippen LogP contribution in [-0.4, -0.2) is 46.8 Å². The van der Waals surface area contributed by atoms with E-state index in [0.717, 1.165) is 29.1 Å². The summed E-state index contributed by atoms with van der Waals surface area (Å²) in [5.74, 6) is -0.562. The second kappa shape index (κ2) is 9.66. The summed E-state index contributed by atoms with van der Waals surface area (Å²) in [4.78, 5) is 27.6. The summed E-state index contributed by atoms with van der Waals surface area (Å²) in [7, 11) is 1.89. The van der Waals surface area contributed by atoms with E-state index in [-0.39, 0.29) is 12.5 Å². The second-order valence-corrected chi connectivity index (χ2v) is 7.46. The van der Waals surface area contributed by atoms with E-state index in [1.54, 1.807) is 13.0 Å². The molecule has 2 aromatic rings. The molecule has 0 aromatic carbocycles. The van der Waals surface area contributed by atoms with E-state index in [1.807, 2.05) is 43.6 Å². The van der Waals surface area contributed by atoms with E-state index >= 15 is 0 Å². The molecule has 2 rings (SSSR count). The Bertz CT molecular complexity index is 797. The number of likely N-dealkylation sites (N-methyl/N-ethyl adjacent to an activating group) is 1. The predicted molar refractivity (Wildman–Crippen MR) is 107 cm³/mol. The highest BCUT2D eigenvalue weighted by molar-refractivity contribution is 7.16. The SMILES string of the molecule is CCOC(=O)c1cc(CC)sc1NC(=O)CN(C)Cc1cnn(CC)c1C. The largest absolute Gasteiger partial charge is 0.462 e. The minimum absolute atomic E-state index is 0.159. The van der Waals surface area contributed by atoms with E-state index in [1.165, 1.54) is 11.3 Å². The molecular formula is C19H28N4O3S. The number of rotatable bonds is 9. The Morgan fingerprint density at radius 3 is 2.67 bits per heavy atom. The first kappa shape index (κ1) is 21.1. The van der Waals surface area contributed by atoms with Crippen LogP contribution in [0.1, 0.15) is 47.3 Å². The molecule has 8 heteroatoms. The zero-order valence-corrected chi connectivity index (χ0v) is 17.5. The molecule has 0 aliphatic rings. The second-order valence-electron chi connectivity index (χ2n) is 6.32. The number of thiophene rings is 1. The van der Waals surface area contributed by atoms with Gasteiger partial charge in [0.25, 0.3) is 0 Å². The van der Waals surface area contributed by atoms with Crippen LogP contribution in [0, 0.1) is 6.92 Å². The minimum atomic E-state index is -0.403. The molecule has 0 atom stereocenters. The highest BCUT2D eigenvalue weighted by atomic mass is 32.1. The number of amides is 1. The number of hydrogen-bond acceptors (Lipinski definition) is 6. The molecular weight excluding hydrogens is 364 g/mol. The Labute approximate surface area is 164 Å². The maximum Gasteiger partial charge on any atom is 0.341 e. The number of aryl methyl sites for hydroxylation is 2. The van der Waals surface area contributed by atoms with Crippen molar-refractivity contribution in [3.8, 4) is 0 Å². The molecule has 0 unspecified atom stereocenters. The number of nitrogens with one attached hydrogen (secondary N) is 1. The average molecular weight is 393 g/mol. The van der Waals surface area contributed by atoms with Crippen molar-refractivity contribution in [3.63, 3.8) is 0 Å².